The maximum absolute atomic E-state index is 12.0. The lowest BCUT2D eigenvalue weighted by Gasteiger charge is -2.13. The second-order valence-corrected chi connectivity index (χ2v) is 6.38. The van der Waals surface area contributed by atoms with E-state index in [-0.39, 0.29) is 35.8 Å². The summed E-state index contributed by atoms with van der Waals surface area (Å²) in [6.45, 7) is 7.81. The topological polar surface area (TPSA) is 84.5 Å². The van der Waals surface area contributed by atoms with Crippen molar-refractivity contribution in [1.29, 1.82) is 0 Å². The third-order valence-electron chi connectivity index (χ3n) is 3.15. The number of carbonyl (C=O) groups excluding carboxylic acids is 3. The highest BCUT2D eigenvalue weighted by molar-refractivity contribution is 8.00. The fraction of sp³-hybridized carbons (Fsp3) is 0.471. The molecule has 0 fully saturated rings. The molecule has 1 aromatic carbocycles. The zero-order chi connectivity index (χ0) is 18.1. The molecule has 2 amide bonds. The lowest BCUT2D eigenvalue weighted by atomic mass is 10.1. The Morgan fingerprint density at radius 3 is 2.25 bits per heavy atom. The van der Waals surface area contributed by atoms with E-state index in [1.165, 1.54) is 0 Å². The van der Waals surface area contributed by atoms with Crippen molar-refractivity contribution in [3.8, 4) is 0 Å². The Kier molecular flexibility index (Phi) is 8.32. The number of thioether (sulfide) groups is 1. The first-order chi connectivity index (χ1) is 11.3. The van der Waals surface area contributed by atoms with Crippen molar-refractivity contribution in [2.45, 2.75) is 27.7 Å². The van der Waals surface area contributed by atoms with Crippen LogP contribution < -0.4 is 10.6 Å². The highest BCUT2D eigenvalue weighted by Crippen LogP contribution is 2.21. The van der Waals surface area contributed by atoms with Crippen molar-refractivity contribution in [2.24, 2.45) is 0 Å². The van der Waals surface area contributed by atoms with E-state index in [1.807, 2.05) is 32.9 Å². The monoisotopic (exact) mass is 352 g/mol. The summed E-state index contributed by atoms with van der Waals surface area (Å²) < 4.78 is 4.76. The summed E-state index contributed by atoms with van der Waals surface area (Å²) in [5.74, 6) is -0.701. The standard InChI is InChI=1S/C17H24N2O4S/c1-5-23-16(22)10-24-9-15(21)18-8-14(20)19-17-12(3)6-11(2)7-13(17)4/h6-7H,5,8-10H2,1-4H3,(H,18,21)(H,19,20). The molecule has 0 saturated heterocycles. The largest absolute Gasteiger partial charge is 0.465 e. The van der Waals surface area contributed by atoms with Gasteiger partial charge in [0.15, 0.2) is 0 Å². The maximum atomic E-state index is 12.0. The Morgan fingerprint density at radius 2 is 1.67 bits per heavy atom. The van der Waals surface area contributed by atoms with E-state index in [0.717, 1.165) is 34.1 Å². The molecule has 0 saturated carbocycles. The van der Waals surface area contributed by atoms with Gasteiger partial charge in [-0.1, -0.05) is 17.7 Å². The van der Waals surface area contributed by atoms with E-state index in [4.69, 9.17) is 4.74 Å². The minimum absolute atomic E-state index is 0.106. The predicted octanol–water partition coefficient (Wildman–Crippen LogP) is 1.96. The van der Waals surface area contributed by atoms with Gasteiger partial charge in [0.2, 0.25) is 11.8 Å². The molecule has 0 atom stereocenters. The van der Waals surface area contributed by atoms with E-state index >= 15 is 0 Å². The predicted molar refractivity (Wildman–Crippen MR) is 96.3 cm³/mol. The third kappa shape index (κ3) is 7.04. The molecule has 0 aromatic heterocycles. The molecule has 1 rings (SSSR count). The fourth-order valence-electron chi connectivity index (χ4n) is 2.22. The van der Waals surface area contributed by atoms with Gasteiger partial charge in [0.05, 0.1) is 24.7 Å². The van der Waals surface area contributed by atoms with E-state index in [1.54, 1.807) is 6.92 Å². The van der Waals surface area contributed by atoms with Crippen molar-refractivity contribution in [3.63, 3.8) is 0 Å². The number of benzene rings is 1. The van der Waals surface area contributed by atoms with Gasteiger partial charge in [0.25, 0.3) is 0 Å². The zero-order valence-electron chi connectivity index (χ0n) is 14.5. The second-order valence-electron chi connectivity index (χ2n) is 5.40. The SMILES string of the molecule is CCOC(=O)CSCC(=O)NCC(=O)Nc1c(C)cc(C)cc1C. The van der Waals surface area contributed by atoms with Crippen LogP contribution in [0.15, 0.2) is 12.1 Å². The molecule has 1 aromatic rings. The van der Waals surface area contributed by atoms with Crippen LogP contribution in [0.25, 0.3) is 0 Å². The van der Waals surface area contributed by atoms with Crippen molar-refractivity contribution < 1.29 is 19.1 Å². The van der Waals surface area contributed by atoms with Crippen LogP contribution in [0.4, 0.5) is 5.69 Å². The number of esters is 1. The van der Waals surface area contributed by atoms with Crippen LogP contribution in [-0.4, -0.2) is 42.4 Å². The molecule has 2 N–H and O–H groups in total. The van der Waals surface area contributed by atoms with Crippen molar-refractivity contribution in [1.82, 2.24) is 5.32 Å². The second kappa shape index (κ2) is 9.97. The minimum atomic E-state index is -0.349. The number of aryl methyl sites for hydroxylation is 3. The number of anilines is 1. The molecule has 0 heterocycles. The summed E-state index contributed by atoms with van der Waals surface area (Å²) in [5.41, 5.74) is 3.88. The Labute approximate surface area is 146 Å². The zero-order valence-corrected chi connectivity index (χ0v) is 15.3. The molecular formula is C17H24N2O4S. The van der Waals surface area contributed by atoms with Gasteiger partial charge in [-0.3, -0.25) is 14.4 Å². The Hall–Kier alpha value is -2.02. The quantitative estimate of drug-likeness (QED) is 0.699. The highest BCUT2D eigenvalue weighted by atomic mass is 32.2. The number of ether oxygens (including phenoxy) is 1. The van der Waals surface area contributed by atoms with Crippen LogP contribution in [-0.2, 0) is 19.1 Å². The van der Waals surface area contributed by atoms with Crippen LogP contribution in [0.5, 0.6) is 0 Å². The van der Waals surface area contributed by atoms with Crippen molar-refractivity contribution in [3.05, 3.63) is 28.8 Å². The van der Waals surface area contributed by atoms with Crippen LogP contribution in [0, 0.1) is 20.8 Å². The third-order valence-corrected chi connectivity index (χ3v) is 4.05. The molecule has 24 heavy (non-hydrogen) atoms. The molecule has 0 aliphatic heterocycles. The van der Waals surface area contributed by atoms with Crippen LogP contribution >= 0.6 is 11.8 Å². The summed E-state index contributed by atoms with van der Waals surface area (Å²) in [4.78, 5) is 34.8. The molecular weight excluding hydrogens is 328 g/mol. The van der Waals surface area contributed by atoms with Crippen LogP contribution in [0.1, 0.15) is 23.6 Å². The molecule has 0 radical (unpaired) electrons. The first-order valence-electron chi connectivity index (χ1n) is 7.71. The van der Waals surface area contributed by atoms with Gasteiger partial charge >= 0.3 is 5.97 Å². The van der Waals surface area contributed by atoms with Gasteiger partial charge in [-0.05, 0) is 38.8 Å². The van der Waals surface area contributed by atoms with Crippen molar-refractivity contribution >= 4 is 35.2 Å². The number of nitrogens with one attached hydrogen (secondary N) is 2. The van der Waals surface area contributed by atoms with Gasteiger partial charge < -0.3 is 15.4 Å². The van der Waals surface area contributed by atoms with Gasteiger partial charge in [-0.2, -0.15) is 0 Å². The Balaban J connectivity index is 2.36. The average molecular weight is 352 g/mol. The molecule has 6 nitrogen and oxygen atoms in total. The first kappa shape index (κ1) is 20.0. The summed E-state index contributed by atoms with van der Waals surface area (Å²) in [6, 6.07) is 3.99. The van der Waals surface area contributed by atoms with E-state index in [2.05, 4.69) is 10.6 Å². The summed E-state index contributed by atoms with van der Waals surface area (Å²) in [6.07, 6.45) is 0. The fourth-order valence-corrected chi connectivity index (χ4v) is 2.86. The number of hydrogen-bond acceptors (Lipinski definition) is 5. The van der Waals surface area contributed by atoms with Crippen LogP contribution in [0.3, 0.4) is 0 Å². The summed E-state index contributed by atoms with van der Waals surface area (Å²) >= 11 is 1.15. The van der Waals surface area contributed by atoms with Crippen LogP contribution in [0.2, 0.25) is 0 Å². The molecule has 0 aliphatic rings. The lowest BCUT2D eigenvalue weighted by molar-refractivity contribution is -0.139. The first-order valence-corrected chi connectivity index (χ1v) is 8.86. The smallest absolute Gasteiger partial charge is 0.315 e. The average Bonchev–Trinajstić information content (AvgIpc) is 2.49. The van der Waals surface area contributed by atoms with E-state index in [0.29, 0.717) is 6.61 Å². The number of rotatable bonds is 8. The van der Waals surface area contributed by atoms with E-state index in [9.17, 15) is 14.4 Å². The molecule has 0 aliphatic carbocycles. The molecule has 0 spiro atoms. The van der Waals surface area contributed by atoms with E-state index < -0.39 is 0 Å². The summed E-state index contributed by atoms with van der Waals surface area (Å²) in [7, 11) is 0. The minimum Gasteiger partial charge on any atom is -0.465 e. The highest BCUT2D eigenvalue weighted by Gasteiger charge is 2.10. The normalized spacial score (nSPS) is 10.2. The number of hydrogen-bond donors (Lipinski definition) is 2. The Bertz CT molecular complexity index is 594. The molecule has 0 bridgehead atoms. The van der Waals surface area contributed by atoms with Gasteiger partial charge in [-0.25, -0.2) is 0 Å². The number of carbonyl (C=O) groups is 3. The Morgan fingerprint density at radius 1 is 1.04 bits per heavy atom. The molecule has 0 unspecified atom stereocenters. The molecule has 132 valence electrons. The van der Waals surface area contributed by atoms with Gasteiger partial charge in [0.1, 0.15) is 0 Å². The molecule has 7 heteroatoms. The summed E-state index contributed by atoms with van der Waals surface area (Å²) in [5, 5.41) is 5.35. The number of amides is 2. The van der Waals surface area contributed by atoms with Crippen molar-refractivity contribution in [2.75, 3.05) is 30.0 Å². The maximum Gasteiger partial charge on any atom is 0.315 e. The van der Waals surface area contributed by atoms with Gasteiger partial charge in [-0.15, -0.1) is 11.8 Å². The lowest BCUT2D eigenvalue weighted by Crippen LogP contribution is -2.34. The van der Waals surface area contributed by atoms with Gasteiger partial charge in [0, 0.05) is 5.69 Å².